The van der Waals surface area contributed by atoms with E-state index in [0.717, 1.165) is 67.6 Å². The maximum Gasteiger partial charge on any atom is 0.337 e. The van der Waals surface area contributed by atoms with Crippen molar-refractivity contribution in [2.45, 2.75) is 43.6 Å². The number of nitrogens with zero attached hydrogens (tertiary/aromatic N) is 2. The second-order valence-electron chi connectivity index (χ2n) is 10.0. The molecule has 3 aromatic carbocycles. The van der Waals surface area contributed by atoms with Crippen LogP contribution in [0.15, 0.2) is 71.5 Å². The van der Waals surface area contributed by atoms with E-state index in [1.165, 1.54) is 12.7 Å². The highest BCUT2D eigenvalue weighted by Gasteiger charge is 2.43. The van der Waals surface area contributed by atoms with Gasteiger partial charge in [-0.1, -0.05) is 35.9 Å². The Bertz CT molecular complexity index is 1530. The molecule has 1 saturated heterocycles. The molecule has 190 valence electrons. The molecule has 2 fully saturated rings. The molecule has 2 heterocycles. The van der Waals surface area contributed by atoms with Crippen molar-refractivity contribution in [3.05, 3.63) is 98.9 Å². The van der Waals surface area contributed by atoms with Crippen LogP contribution in [0.2, 0.25) is 5.02 Å². The average molecular weight is 517 g/mol. The zero-order valence-electron chi connectivity index (χ0n) is 20.8. The fourth-order valence-electron chi connectivity index (χ4n) is 5.97. The predicted octanol–water partition coefficient (Wildman–Crippen LogP) is 6.05. The number of aromatic nitrogens is 2. The summed E-state index contributed by atoms with van der Waals surface area (Å²) in [6, 6.07) is 21.4. The van der Waals surface area contributed by atoms with Crippen molar-refractivity contribution < 1.29 is 14.3 Å². The topological polar surface area (TPSA) is 62.5 Å². The lowest BCUT2D eigenvalue weighted by Gasteiger charge is -2.43. The molecule has 0 atom stereocenters. The summed E-state index contributed by atoms with van der Waals surface area (Å²) in [7, 11) is 1.38. The number of benzene rings is 3. The van der Waals surface area contributed by atoms with E-state index in [0.29, 0.717) is 16.5 Å². The maximum absolute atomic E-state index is 14.2. The molecule has 2 aliphatic rings. The van der Waals surface area contributed by atoms with Gasteiger partial charge in [0, 0.05) is 18.2 Å². The Morgan fingerprint density at radius 3 is 2.43 bits per heavy atom. The number of methoxy groups -OCH3 is 1. The van der Waals surface area contributed by atoms with Crippen molar-refractivity contribution in [3.8, 4) is 5.69 Å². The second-order valence-corrected chi connectivity index (χ2v) is 10.5. The zero-order valence-corrected chi connectivity index (χ0v) is 21.5. The molecule has 4 aromatic rings. The summed E-state index contributed by atoms with van der Waals surface area (Å²) in [6.07, 6.45) is 4.64. The van der Waals surface area contributed by atoms with Gasteiger partial charge in [0.2, 0.25) is 0 Å². The Labute approximate surface area is 220 Å². The highest BCUT2D eigenvalue weighted by molar-refractivity contribution is 6.31. The first kappa shape index (κ1) is 24.0. The van der Waals surface area contributed by atoms with E-state index in [1.54, 1.807) is 10.6 Å². The van der Waals surface area contributed by atoms with E-state index in [9.17, 15) is 9.59 Å². The highest BCUT2D eigenvalue weighted by Crippen LogP contribution is 2.46. The number of halogens is 1. The van der Waals surface area contributed by atoms with E-state index < -0.39 is 5.54 Å². The summed E-state index contributed by atoms with van der Waals surface area (Å²) in [6.45, 7) is 1.58. The Morgan fingerprint density at radius 1 is 1.00 bits per heavy atom. The Hall–Kier alpha value is -3.35. The maximum atomic E-state index is 14.2. The molecule has 1 aliphatic heterocycles. The van der Waals surface area contributed by atoms with E-state index in [1.807, 2.05) is 53.1 Å². The minimum Gasteiger partial charge on any atom is -0.465 e. The molecule has 0 bridgehead atoms. The summed E-state index contributed by atoms with van der Waals surface area (Å²) in [4.78, 5) is 26.5. The zero-order chi connectivity index (χ0) is 25.6. The van der Waals surface area contributed by atoms with Crippen molar-refractivity contribution in [2.75, 3.05) is 20.3 Å². The number of hydrogen-bond donors (Lipinski definition) is 0. The Morgan fingerprint density at radius 2 is 1.76 bits per heavy atom. The normalized spacial score (nSPS) is 17.5. The van der Waals surface area contributed by atoms with Crippen LogP contribution in [0.5, 0.6) is 0 Å². The molecule has 0 amide bonds. The molecule has 0 radical (unpaired) electrons. The van der Waals surface area contributed by atoms with E-state index in [-0.39, 0.29) is 11.7 Å². The van der Waals surface area contributed by atoms with Crippen LogP contribution in [0.3, 0.4) is 0 Å². The van der Waals surface area contributed by atoms with Gasteiger partial charge in [0.15, 0.2) is 0 Å². The van der Waals surface area contributed by atoms with Crippen molar-refractivity contribution in [1.82, 2.24) is 9.13 Å². The number of carbonyl (C=O) groups is 1. The van der Waals surface area contributed by atoms with Gasteiger partial charge in [-0.3, -0.25) is 9.13 Å². The fourth-order valence-corrected chi connectivity index (χ4v) is 6.13. The second kappa shape index (κ2) is 9.51. The first-order valence-corrected chi connectivity index (χ1v) is 13.2. The van der Waals surface area contributed by atoms with Crippen LogP contribution in [0.1, 0.15) is 59.5 Å². The number of esters is 1. The number of fused-ring (bicyclic) bond motifs is 1. The van der Waals surface area contributed by atoms with E-state index in [4.69, 9.17) is 21.1 Å². The lowest BCUT2D eigenvalue weighted by molar-refractivity contribution is 0.0600. The molecule has 7 heteroatoms. The van der Waals surface area contributed by atoms with Crippen LogP contribution in [0.25, 0.3) is 16.7 Å². The van der Waals surface area contributed by atoms with Crippen LogP contribution in [0, 0.1) is 0 Å². The quantitative estimate of drug-likeness (QED) is 0.303. The van der Waals surface area contributed by atoms with Crippen molar-refractivity contribution >= 4 is 28.6 Å². The van der Waals surface area contributed by atoms with Crippen LogP contribution < -0.4 is 5.69 Å². The minimum atomic E-state index is -0.541. The third-order valence-electron chi connectivity index (χ3n) is 8.08. The molecule has 6 nitrogen and oxygen atoms in total. The van der Waals surface area contributed by atoms with Gasteiger partial charge in [-0.15, -0.1) is 0 Å². The SMILES string of the molecule is COC(=O)c1cccc(C2(n3c(=O)n(-c4ccc(C5CCOCC5)cc4)c4cc(Cl)ccc43)CCC2)c1. The summed E-state index contributed by atoms with van der Waals surface area (Å²) in [5, 5.41) is 0.576. The van der Waals surface area contributed by atoms with Crippen LogP contribution in [0.4, 0.5) is 0 Å². The molecule has 0 spiro atoms. The predicted molar refractivity (Wildman–Crippen MR) is 144 cm³/mol. The van der Waals surface area contributed by atoms with Gasteiger partial charge in [0.25, 0.3) is 0 Å². The molecule has 37 heavy (non-hydrogen) atoms. The van der Waals surface area contributed by atoms with Crippen molar-refractivity contribution in [1.29, 1.82) is 0 Å². The lowest BCUT2D eigenvalue weighted by Crippen LogP contribution is -2.47. The number of hydrogen-bond acceptors (Lipinski definition) is 4. The largest absolute Gasteiger partial charge is 0.465 e. The van der Waals surface area contributed by atoms with Gasteiger partial charge in [0.05, 0.1) is 34.9 Å². The molecule has 0 N–H and O–H groups in total. The standard InChI is InChI=1S/C30H29ClN2O4/c1-36-28(34)22-4-2-5-23(18-22)30(14-3-15-30)33-26-11-8-24(31)19-27(26)32(29(33)35)25-9-6-20(7-10-25)21-12-16-37-17-13-21/h2,4-11,18-19,21H,3,12-17H2,1H3. The average Bonchev–Trinajstić information content (AvgIpc) is 3.19. The Balaban J connectivity index is 1.50. The lowest BCUT2D eigenvalue weighted by atomic mass is 9.71. The molecule has 1 aromatic heterocycles. The number of ether oxygens (including phenoxy) is 2. The molecule has 1 aliphatic carbocycles. The molecule has 0 unspecified atom stereocenters. The van der Waals surface area contributed by atoms with Gasteiger partial charge < -0.3 is 9.47 Å². The first-order chi connectivity index (χ1) is 18.0. The van der Waals surface area contributed by atoms with Crippen LogP contribution >= 0.6 is 11.6 Å². The van der Waals surface area contributed by atoms with Gasteiger partial charge in [0.1, 0.15) is 0 Å². The van der Waals surface area contributed by atoms with Crippen LogP contribution in [-0.4, -0.2) is 35.4 Å². The number of rotatable bonds is 5. The summed E-state index contributed by atoms with van der Waals surface area (Å²) >= 11 is 6.43. The third-order valence-corrected chi connectivity index (χ3v) is 8.31. The fraction of sp³-hybridized carbons (Fsp3) is 0.333. The molecular weight excluding hydrogens is 488 g/mol. The summed E-state index contributed by atoms with van der Waals surface area (Å²) in [5.74, 6) is 0.0955. The van der Waals surface area contributed by atoms with Gasteiger partial charge in [-0.2, -0.15) is 0 Å². The third kappa shape index (κ3) is 3.99. The van der Waals surface area contributed by atoms with Crippen LogP contribution in [-0.2, 0) is 15.0 Å². The summed E-state index contributed by atoms with van der Waals surface area (Å²) < 4.78 is 14.1. The monoisotopic (exact) mass is 516 g/mol. The van der Waals surface area contributed by atoms with Gasteiger partial charge in [-0.05, 0) is 91.6 Å². The Kier molecular flexibility index (Phi) is 6.17. The van der Waals surface area contributed by atoms with Gasteiger partial charge >= 0.3 is 11.7 Å². The molecular formula is C30H29ClN2O4. The smallest absolute Gasteiger partial charge is 0.337 e. The first-order valence-electron chi connectivity index (χ1n) is 12.8. The van der Waals surface area contributed by atoms with Gasteiger partial charge in [-0.25, -0.2) is 9.59 Å². The number of imidazole rings is 1. The highest BCUT2D eigenvalue weighted by atomic mass is 35.5. The summed E-state index contributed by atoms with van der Waals surface area (Å²) in [5.41, 5.74) is 4.45. The van der Waals surface area contributed by atoms with Crippen molar-refractivity contribution in [2.24, 2.45) is 0 Å². The minimum absolute atomic E-state index is 0.112. The van der Waals surface area contributed by atoms with E-state index >= 15 is 0 Å². The van der Waals surface area contributed by atoms with E-state index in [2.05, 4.69) is 12.1 Å². The van der Waals surface area contributed by atoms with Crippen molar-refractivity contribution in [3.63, 3.8) is 0 Å². The molecule has 6 rings (SSSR count). The molecule has 1 saturated carbocycles. The number of carbonyl (C=O) groups excluding carboxylic acids is 1.